The van der Waals surface area contributed by atoms with Crippen LogP contribution in [0.4, 0.5) is 5.69 Å². The summed E-state index contributed by atoms with van der Waals surface area (Å²) >= 11 is 3.67. The molecule has 0 radical (unpaired) electrons. The molecule has 1 fully saturated rings. The number of rotatable bonds is 2. The number of fused-ring (bicyclic) bond motifs is 1. The Morgan fingerprint density at radius 2 is 2.16 bits per heavy atom. The van der Waals surface area contributed by atoms with Crippen LogP contribution in [0.3, 0.4) is 0 Å². The number of nitrogens with zero attached hydrogens (tertiary/aromatic N) is 2. The van der Waals surface area contributed by atoms with Gasteiger partial charge in [-0.2, -0.15) is 0 Å². The molecule has 1 aromatic heterocycles. The number of aromatic nitrogens is 1. The number of anilines is 1. The molecule has 1 aliphatic heterocycles. The number of halogens is 1. The van der Waals surface area contributed by atoms with Gasteiger partial charge in [0.1, 0.15) is 0 Å². The Kier molecular flexibility index (Phi) is 3.74. The SMILES string of the molecule is Cc1cc(N2CCCCC2CBr)c2ccccc2n1. The quantitative estimate of drug-likeness (QED) is 0.767. The number of pyridine rings is 1. The van der Waals surface area contributed by atoms with Crippen molar-refractivity contribution < 1.29 is 0 Å². The van der Waals surface area contributed by atoms with Gasteiger partial charge in [-0.3, -0.25) is 4.98 Å². The molecule has 3 rings (SSSR count). The van der Waals surface area contributed by atoms with Crippen molar-refractivity contribution >= 4 is 32.5 Å². The molecule has 1 saturated heterocycles. The molecule has 1 aromatic carbocycles. The van der Waals surface area contributed by atoms with Crippen molar-refractivity contribution in [3.8, 4) is 0 Å². The van der Waals surface area contributed by atoms with E-state index in [2.05, 4.69) is 63.1 Å². The van der Waals surface area contributed by atoms with E-state index in [-0.39, 0.29) is 0 Å². The molecule has 1 atom stereocenters. The third kappa shape index (κ3) is 2.48. The highest BCUT2D eigenvalue weighted by Gasteiger charge is 2.23. The maximum absolute atomic E-state index is 4.64. The summed E-state index contributed by atoms with van der Waals surface area (Å²) in [7, 11) is 0. The van der Waals surface area contributed by atoms with Gasteiger partial charge in [0.25, 0.3) is 0 Å². The standard InChI is InChI=1S/C16H19BrN2/c1-12-10-16(14-7-2-3-8-15(14)18-12)19-9-5-4-6-13(19)11-17/h2-3,7-8,10,13H,4-6,9,11H2,1H3. The zero-order valence-electron chi connectivity index (χ0n) is 11.3. The minimum Gasteiger partial charge on any atom is -0.367 e. The molecular weight excluding hydrogens is 300 g/mol. The molecular formula is C16H19BrN2. The Morgan fingerprint density at radius 1 is 1.32 bits per heavy atom. The van der Waals surface area contributed by atoms with E-state index < -0.39 is 0 Å². The Bertz CT molecular complexity index is 582. The first-order chi connectivity index (χ1) is 9.29. The van der Waals surface area contributed by atoms with Crippen LogP contribution < -0.4 is 4.90 Å². The lowest BCUT2D eigenvalue weighted by molar-refractivity contribution is 0.492. The van der Waals surface area contributed by atoms with Crippen LogP contribution in [0.2, 0.25) is 0 Å². The topological polar surface area (TPSA) is 16.1 Å². The molecule has 0 bridgehead atoms. The van der Waals surface area contributed by atoms with Gasteiger partial charge in [0, 0.05) is 34.7 Å². The van der Waals surface area contributed by atoms with Crippen LogP contribution in [-0.2, 0) is 0 Å². The third-order valence-electron chi connectivity index (χ3n) is 3.94. The van der Waals surface area contributed by atoms with Gasteiger partial charge in [-0.15, -0.1) is 0 Å². The fourth-order valence-electron chi connectivity index (χ4n) is 3.00. The maximum Gasteiger partial charge on any atom is 0.0726 e. The number of benzene rings is 1. The minimum atomic E-state index is 0.610. The molecule has 2 aromatic rings. The summed E-state index contributed by atoms with van der Waals surface area (Å²) in [6.07, 6.45) is 3.91. The molecule has 0 aliphatic carbocycles. The fourth-order valence-corrected chi connectivity index (χ4v) is 3.67. The van der Waals surface area contributed by atoms with Crippen LogP contribution in [0, 0.1) is 6.92 Å². The predicted molar refractivity (Wildman–Crippen MR) is 85.3 cm³/mol. The molecule has 1 unspecified atom stereocenters. The van der Waals surface area contributed by atoms with Gasteiger partial charge in [-0.1, -0.05) is 34.1 Å². The van der Waals surface area contributed by atoms with E-state index in [4.69, 9.17) is 0 Å². The molecule has 0 spiro atoms. The average molecular weight is 319 g/mol. The Balaban J connectivity index is 2.12. The first-order valence-electron chi connectivity index (χ1n) is 6.98. The van der Waals surface area contributed by atoms with Crippen LogP contribution in [0.15, 0.2) is 30.3 Å². The van der Waals surface area contributed by atoms with Gasteiger partial charge in [-0.25, -0.2) is 0 Å². The fraction of sp³-hybridized carbons (Fsp3) is 0.438. The summed E-state index contributed by atoms with van der Waals surface area (Å²) in [6, 6.07) is 11.3. The van der Waals surface area contributed by atoms with Crippen LogP contribution in [-0.4, -0.2) is 22.9 Å². The summed E-state index contributed by atoms with van der Waals surface area (Å²) in [5.74, 6) is 0. The molecule has 3 heteroatoms. The summed E-state index contributed by atoms with van der Waals surface area (Å²) in [4.78, 5) is 7.21. The Labute approximate surface area is 123 Å². The van der Waals surface area contributed by atoms with Crippen LogP contribution in [0.1, 0.15) is 25.0 Å². The monoisotopic (exact) mass is 318 g/mol. The number of aryl methyl sites for hydroxylation is 1. The minimum absolute atomic E-state index is 0.610. The van der Waals surface area contributed by atoms with E-state index in [1.165, 1.54) is 30.3 Å². The van der Waals surface area contributed by atoms with E-state index >= 15 is 0 Å². The zero-order valence-corrected chi connectivity index (χ0v) is 12.9. The lowest BCUT2D eigenvalue weighted by Gasteiger charge is -2.37. The van der Waals surface area contributed by atoms with Gasteiger partial charge in [-0.05, 0) is 38.3 Å². The Hall–Kier alpha value is -1.09. The second-order valence-corrected chi connectivity index (χ2v) is 5.94. The van der Waals surface area contributed by atoms with Crippen molar-refractivity contribution in [3.63, 3.8) is 0 Å². The highest BCUT2D eigenvalue weighted by Crippen LogP contribution is 2.32. The molecule has 100 valence electrons. The van der Waals surface area contributed by atoms with Crippen molar-refractivity contribution in [1.29, 1.82) is 0 Å². The Morgan fingerprint density at radius 3 is 3.00 bits per heavy atom. The van der Waals surface area contributed by atoms with E-state index in [1.807, 2.05) is 0 Å². The maximum atomic E-state index is 4.64. The largest absolute Gasteiger partial charge is 0.367 e. The summed E-state index contributed by atoms with van der Waals surface area (Å²) in [6.45, 7) is 3.24. The molecule has 2 heterocycles. The summed E-state index contributed by atoms with van der Waals surface area (Å²) in [5.41, 5.74) is 3.57. The van der Waals surface area contributed by atoms with Crippen molar-refractivity contribution in [3.05, 3.63) is 36.0 Å². The molecule has 19 heavy (non-hydrogen) atoms. The van der Waals surface area contributed by atoms with Crippen molar-refractivity contribution in [2.45, 2.75) is 32.2 Å². The van der Waals surface area contributed by atoms with E-state index in [9.17, 15) is 0 Å². The molecule has 1 aliphatic rings. The summed E-state index contributed by atoms with van der Waals surface area (Å²) in [5, 5.41) is 2.32. The number of hydrogen-bond donors (Lipinski definition) is 0. The second-order valence-electron chi connectivity index (χ2n) is 5.30. The molecule has 2 nitrogen and oxygen atoms in total. The van der Waals surface area contributed by atoms with Crippen LogP contribution in [0.5, 0.6) is 0 Å². The van der Waals surface area contributed by atoms with Gasteiger partial charge in [0.15, 0.2) is 0 Å². The lowest BCUT2D eigenvalue weighted by Crippen LogP contribution is -2.40. The highest BCUT2D eigenvalue weighted by molar-refractivity contribution is 9.09. The average Bonchev–Trinajstić information content (AvgIpc) is 2.46. The predicted octanol–water partition coefficient (Wildman–Crippen LogP) is 4.30. The number of para-hydroxylation sites is 1. The molecule has 0 N–H and O–H groups in total. The van der Waals surface area contributed by atoms with Crippen LogP contribution >= 0.6 is 15.9 Å². The zero-order chi connectivity index (χ0) is 13.2. The smallest absolute Gasteiger partial charge is 0.0726 e. The van der Waals surface area contributed by atoms with Gasteiger partial charge >= 0.3 is 0 Å². The molecule has 0 saturated carbocycles. The van der Waals surface area contributed by atoms with E-state index in [0.29, 0.717) is 6.04 Å². The first-order valence-corrected chi connectivity index (χ1v) is 8.11. The van der Waals surface area contributed by atoms with Crippen molar-refractivity contribution in [2.24, 2.45) is 0 Å². The third-order valence-corrected chi connectivity index (χ3v) is 4.68. The molecule has 0 amide bonds. The summed E-state index contributed by atoms with van der Waals surface area (Å²) < 4.78 is 0. The highest BCUT2D eigenvalue weighted by atomic mass is 79.9. The number of piperidine rings is 1. The number of alkyl halides is 1. The van der Waals surface area contributed by atoms with E-state index in [0.717, 1.165) is 23.1 Å². The van der Waals surface area contributed by atoms with Crippen molar-refractivity contribution in [1.82, 2.24) is 4.98 Å². The number of hydrogen-bond acceptors (Lipinski definition) is 2. The lowest BCUT2D eigenvalue weighted by atomic mass is 10.0. The second kappa shape index (κ2) is 5.49. The van der Waals surface area contributed by atoms with Crippen LogP contribution in [0.25, 0.3) is 10.9 Å². The van der Waals surface area contributed by atoms with Gasteiger partial charge in [0.05, 0.1) is 5.52 Å². The van der Waals surface area contributed by atoms with Gasteiger partial charge < -0.3 is 4.90 Å². The normalized spacial score (nSPS) is 19.9. The first kappa shape index (κ1) is 12.9. The van der Waals surface area contributed by atoms with Gasteiger partial charge in [0.2, 0.25) is 0 Å². The van der Waals surface area contributed by atoms with E-state index in [1.54, 1.807) is 0 Å². The van der Waals surface area contributed by atoms with Crippen molar-refractivity contribution in [2.75, 3.05) is 16.8 Å².